The summed E-state index contributed by atoms with van der Waals surface area (Å²) in [5.41, 5.74) is 1.29. The van der Waals surface area contributed by atoms with Crippen molar-refractivity contribution in [3.63, 3.8) is 0 Å². The average Bonchev–Trinajstić information content (AvgIpc) is 3.37. The van der Waals surface area contributed by atoms with Gasteiger partial charge in [-0.25, -0.2) is 0 Å². The predicted octanol–water partition coefficient (Wildman–Crippen LogP) is 3.72. The molecular weight excluding hydrogens is 520 g/mol. The van der Waals surface area contributed by atoms with Crippen molar-refractivity contribution in [2.75, 3.05) is 50.9 Å². The lowest BCUT2D eigenvalue weighted by atomic mass is 10.1. The molecule has 1 aliphatic heterocycles. The molecule has 0 fully saturated rings. The van der Waals surface area contributed by atoms with Gasteiger partial charge in [0.25, 0.3) is 0 Å². The van der Waals surface area contributed by atoms with Gasteiger partial charge in [-0.2, -0.15) is 0 Å². The maximum Gasteiger partial charge on any atom is 0.250 e. The molecule has 2 aromatic carbocycles. The van der Waals surface area contributed by atoms with Crippen molar-refractivity contribution < 1.29 is 33.3 Å². The molecule has 4 rings (SSSR count). The van der Waals surface area contributed by atoms with Gasteiger partial charge < -0.3 is 29.0 Å². The van der Waals surface area contributed by atoms with Gasteiger partial charge in [-0.3, -0.25) is 14.9 Å². The first-order valence-corrected chi connectivity index (χ1v) is 12.7. The molecule has 37 heavy (non-hydrogen) atoms. The van der Waals surface area contributed by atoms with E-state index in [2.05, 4.69) is 20.8 Å². The average molecular weight is 545 g/mol. The van der Waals surface area contributed by atoms with E-state index in [1.165, 1.54) is 50.5 Å². The Morgan fingerprint density at radius 2 is 1.73 bits per heavy atom. The Morgan fingerprint density at radius 3 is 2.43 bits per heavy atom. The van der Waals surface area contributed by atoms with E-state index in [9.17, 15) is 9.59 Å². The van der Waals surface area contributed by atoms with E-state index in [0.717, 1.165) is 0 Å². The van der Waals surface area contributed by atoms with Gasteiger partial charge in [-0.1, -0.05) is 23.1 Å². The number of anilines is 2. The van der Waals surface area contributed by atoms with E-state index in [4.69, 9.17) is 23.7 Å². The van der Waals surface area contributed by atoms with Crippen LogP contribution in [0, 0.1) is 0 Å². The van der Waals surface area contributed by atoms with Crippen LogP contribution in [0.2, 0.25) is 0 Å². The number of benzene rings is 2. The third-order valence-electron chi connectivity index (χ3n) is 4.90. The predicted molar refractivity (Wildman–Crippen MR) is 140 cm³/mol. The van der Waals surface area contributed by atoms with Crippen LogP contribution in [0.3, 0.4) is 0 Å². The summed E-state index contributed by atoms with van der Waals surface area (Å²) < 4.78 is 27.5. The third kappa shape index (κ3) is 6.83. The molecule has 0 saturated carbocycles. The lowest BCUT2D eigenvalue weighted by Gasteiger charge is -2.18. The van der Waals surface area contributed by atoms with E-state index in [0.29, 0.717) is 62.7 Å². The van der Waals surface area contributed by atoms with Crippen LogP contribution in [-0.4, -0.2) is 62.3 Å². The van der Waals surface area contributed by atoms with Crippen LogP contribution in [0.1, 0.15) is 5.56 Å². The fourth-order valence-electron chi connectivity index (χ4n) is 3.28. The van der Waals surface area contributed by atoms with Crippen LogP contribution >= 0.6 is 23.1 Å². The fraction of sp³-hybridized carbons (Fsp3) is 0.250. The van der Waals surface area contributed by atoms with E-state index in [1.54, 1.807) is 36.4 Å². The third-order valence-corrected chi connectivity index (χ3v) is 6.88. The zero-order chi connectivity index (χ0) is 26.2. The molecule has 11 nitrogen and oxygen atoms in total. The maximum absolute atomic E-state index is 12.4. The van der Waals surface area contributed by atoms with Crippen molar-refractivity contribution in [1.82, 2.24) is 10.2 Å². The molecule has 0 spiro atoms. The normalized spacial score (nSPS) is 12.2. The molecule has 0 aliphatic carbocycles. The number of nitrogens with zero attached hydrogens (tertiary/aromatic N) is 2. The highest BCUT2D eigenvalue weighted by Crippen LogP contribution is 2.38. The highest BCUT2D eigenvalue weighted by molar-refractivity contribution is 8.01. The van der Waals surface area contributed by atoms with Crippen molar-refractivity contribution >= 4 is 51.8 Å². The summed E-state index contributed by atoms with van der Waals surface area (Å²) in [5, 5.41) is 13.8. The number of rotatable bonds is 10. The maximum atomic E-state index is 12.4. The molecule has 0 saturated heterocycles. The number of hydrogen-bond acceptors (Lipinski definition) is 11. The van der Waals surface area contributed by atoms with E-state index in [-0.39, 0.29) is 11.7 Å². The van der Waals surface area contributed by atoms with Crippen molar-refractivity contribution in [3.8, 4) is 28.7 Å². The number of methoxy groups -OCH3 is 3. The fourth-order valence-corrected chi connectivity index (χ4v) is 4.84. The molecule has 3 aromatic rings. The molecule has 194 valence electrons. The molecular formula is C24H24N4O7S2. The quantitative estimate of drug-likeness (QED) is 0.221. The summed E-state index contributed by atoms with van der Waals surface area (Å²) in [6, 6.07) is 8.68. The summed E-state index contributed by atoms with van der Waals surface area (Å²) in [6.07, 6.45) is 2.97. The summed E-state index contributed by atoms with van der Waals surface area (Å²) in [4.78, 5) is 24.7. The molecule has 0 radical (unpaired) electrons. The second-order valence-corrected chi connectivity index (χ2v) is 9.55. The standard InChI is InChI=1S/C24H24N4O7S2/c1-31-18-10-14(11-19(32-2)22(18)33-3)4-7-20(29)26-23-27-28-24(37-23)36-13-21(30)25-15-5-6-16-17(12-15)35-9-8-34-16/h4-7,10-12H,8-9,13H2,1-3H3,(H,25,30)(H,26,27,29)/b7-4+. The van der Waals surface area contributed by atoms with Crippen molar-refractivity contribution in [2.45, 2.75) is 4.34 Å². The molecule has 2 amide bonds. The summed E-state index contributed by atoms with van der Waals surface area (Å²) in [5.74, 6) is 2.19. The van der Waals surface area contributed by atoms with Crippen LogP contribution in [-0.2, 0) is 9.59 Å². The second-order valence-electron chi connectivity index (χ2n) is 7.35. The van der Waals surface area contributed by atoms with Gasteiger partial charge >= 0.3 is 0 Å². The van der Waals surface area contributed by atoms with Gasteiger partial charge in [0.2, 0.25) is 22.7 Å². The number of nitrogens with one attached hydrogen (secondary N) is 2. The molecule has 0 bridgehead atoms. The number of ether oxygens (including phenoxy) is 5. The Labute approximate surface area is 221 Å². The Morgan fingerprint density at radius 1 is 1.00 bits per heavy atom. The van der Waals surface area contributed by atoms with E-state index >= 15 is 0 Å². The number of fused-ring (bicyclic) bond motifs is 1. The van der Waals surface area contributed by atoms with Crippen LogP contribution in [0.5, 0.6) is 28.7 Å². The van der Waals surface area contributed by atoms with Gasteiger partial charge in [0.05, 0.1) is 27.1 Å². The molecule has 2 heterocycles. The Hall–Kier alpha value is -3.97. The topological polar surface area (TPSA) is 130 Å². The summed E-state index contributed by atoms with van der Waals surface area (Å²) in [6.45, 7) is 0.972. The highest BCUT2D eigenvalue weighted by atomic mass is 32.2. The molecule has 0 unspecified atom stereocenters. The molecule has 1 aliphatic rings. The van der Waals surface area contributed by atoms with Crippen molar-refractivity contribution in [3.05, 3.63) is 42.0 Å². The minimum Gasteiger partial charge on any atom is -0.493 e. The minimum atomic E-state index is -0.391. The first-order valence-electron chi connectivity index (χ1n) is 10.9. The highest BCUT2D eigenvalue weighted by Gasteiger charge is 2.15. The first-order chi connectivity index (χ1) is 18.0. The molecule has 13 heteroatoms. The molecule has 2 N–H and O–H groups in total. The van der Waals surface area contributed by atoms with E-state index < -0.39 is 5.91 Å². The van der Waals surface area contributed by atoms with Crippen LogP contribution in [0.15, 0.2) is 40.7 Å². The zero-order valence-corrected chi connectivity index (χ0v) is 21.9. The van der Waals surface area contributed by atoms with Gasteiger partial charge in [-0.05, 0) is 35.9 Å². The Kier molecular flexibility index (Phi) is 8.69. The monoisotopic (exact) mass is 544 g/mol. The number of thioether (sulfide) groups is 1. The van der Waals surface area contributed by atoms with Crippen molar-refractivity contribution in [1.29, 1.82) is 0 Å². The number of carbonyl (C=O) groups is 2. The van der Waals surface area contributed by atoms with Gasteiger partial charge in [0.1, 0.15) is 13.2 Å². The zero-order valence-electron chi connectivity index (χ0n) is 20.2. The largest absolute Gasteiger partial charge is 0.493 e. The molecule has 1 aromatic heterocycles. The van der Waals surface area contributed by atoms with Crippen LogP contribution in [0.25, 0.3) is 6.08 Å². The number of aromatic nitrogens is 2. The van der Waals surface area contributed by atoms with Crippen LogP contribution in [0.4, 0.5) is 10.8 Å². The summed E-state index contributed by atoms with van der Waals surface area (Å²) in [7, 11) is 4.56. The lowest BCUT2D eigenvalue weighted by Crippen LogP contribution is -2.17. The van der Waals surface area contributed by atoms with Gasteiger partial charge in [0, 0.05) is 17.8 Å². The van der Waals surface area contributed by atoms with Gasteiger partial charge in [-0.15, -0.1) is 10.2 Å². The summed E-state index contributed by atoms with van der Waals surface area (Å²) >= 11 is 2.38. The Balaban J connectivity index is 1.28. The molecule has 0 atom stereocenters. The van der Waals surface area contributed by atoms with Crippen LogP contribution < -0.4 is 34.3 Å². The number of carbonyl (C=O) groups excluding carboxylic acids is 2. The number of hydrogen-bond donors (Lipinski definition) is 2. The minimum absolute atomic E-state index is 0.123. The first kappa shape index (κ1) is 26.1. The van der Waals surface area contributed by atoms with Crippen molar-refractivity contribution in [2.24, 2.45) is 0 Å². The van der Waals surface area contributed by atoms with Gasteiger partial charge in [0.15, 0.2) is 27.3 Å². The smallest absolute Gasteiger partial charge is 0.250 e. The Bertz CT molecular complexity index is 1290. The lowest BCUT2D eigenvalue weighted by molar-refractivity contribution is -0.114. The van der Waals surface area contributed by atoms with E-state index in [1.807, 2.05) is 0 Å². The number of amides is 2. The second kappa shape index (κ2) is 12.3. The SMILES string of the molecule is COc1cc(/C=C/C(=O)Nc2nnc(SCC(=O)Nc3ccc4c(c3)OCCO4)s2)cc(OC)c1OC.